The fraction of sp³-hybridized carbons (Fsp3) is 0.487. The van der Waals surface area contributed by atoms with Crippen molar-refractivity contribution in [2.45, 2.75) is 90.8 Å². The van der Waals surface area contributed by atoms with E-state index in [-0.39, 0.29) is 17.0 Å². The van der Waals surface area contributed by atoms with E-state index < -0.39 is 11.1 Å². The minimum atomic E-state index is -0.878. The van der Waals surface area contributed by atoms with Crippen LogP contribution in [0.15, 0.2) is 71.7 Å². The molecule has 0 aromatic heterocycles. The molecule has 3 aromatic rings. The van der Waals surface area contributed by atoms with E-state index in [4.69, 9.17) is 32.9 Å². The Morgan fingerprint density at radius 1 is 0.851 bits per heavy atom. The molecule has 8 heteroatoms. The first kappa shape index (κ1) is 35.3. The van der Waals surface area contributed by atoms with E-state index >= 15 is 4.79 Å². The molecule has 2 amide bonds. The molecular weight excluding hydrogens is 627 g/mol. The summed E-state index contributed by atoms with van der Waals surface area (Å²) in [5, 5.41) is 1.32. The van der Waals surface area contributed by atoms with Crippen LogP contribution in [0.4, 0.5) is 4.79 Å². The summed E-state index contributed by atoms with van der Waals surface area (Å²) in [7, 11) is 0. The van der Waals surface area contributed by atoms with Crippen LogP contribution >= 0.6 is 23.2 Å². The minimum Gasteiger partial charge on any atom is -0.493 e. The maximum Gasteiger partial charge on any atom is 0.326 e. The molecule has 3 aromatic carbocycles. The normalized spacial score (nSPS) is 22.4. The smallest absolute Gasteiger partial charge is 0.326 e. The lowest BCUT2D eigenvalue weighted by molar-refractivity contribution is 0.0554. The van der Waals surface area contributed by atoms with Crippen LogP contribution in [-0.2, 0) is 17.4 Å². The molecule has 0 unspecified atom stereocenters. The number of urea groups is 1. The van der Waals surface area contributed by atoms with Crippen LogP contribution in [0, 0.1) is 0 Å². The van der Waals surface area contributed by atoms with Gasteiger partial charge in [0.1, 0.15) is 11.6 Å². The van der Waals surface area contributed by atoms with Gasteiger partial charge in [0, 0.05) is 48.2 Å². The zero-order chi connectivity index (χ0) is 34.4. The molecule has 0 spiro atoms. The fourth-order valence-electron chi connectivity index (χ4n) is 6.89. The number of piperazine rings is 1. The van der Waals surface area contributed by atoms with E-state index in [0.717, 1.165) is 41.1 Å². The summed E-state index contributed by atoms with van der Waals surface area (Å²) in [5.74, 6) is 1.34. The molecule has 6 nitrogen and oxygen atoms in total. The zero-order valence-electron chi connectivity index (χ0n) is 29.5. The van der Waals surface area contributed by atoms with Gasteiger partial charge in [-0.25, -0.2) is 4.79 Å². The highest BCUT2D eigenvalue weighted by atomic mass is 35.5. The van der Waals surface area contributed by atoms with Gasteiger partial charge in [-0.3, -0.25) is 14.8 Å². The summed E-state index contributed by atoms with van der Waals surface area (Å²) < 4.78 is 6.33. The monoisotopic (exact) mass is 676 g/mol. The summed E-state index contributed by atoms with van der Waals surface area (Å²) in [6.45, 7) is 22.9. The first-order valence-corrected chi connectivity index (χ1v) is 17.5. The Balaban J connectivity index is 1.72. The number of hydrogen-bond donors (Lipinski definition) is 0. The van der Waals surface area contributed by atoms with Gasteiger partial charge >= 0.3 is 6.03 Å². The van der Waals surface area contributed by atoms with E-state index in [1.165, 1.54) is 0 Å². The molecule has 0 bridgehead atoms. The molecule has 2 heterocycles. The predicted octanol–water partition coefficient (Wildman–Crippen LogP) is 9.20. The minimum absolute atomic E-state index is 0.0333. The van der Waals surface area contributed by atoms with Crippen molar-refractivity contribution in [2.75, 3.05) is 32.8 Å². The summed E-state index contributed by atoms with van der Waals surface area (Å²) in [4.78, 5) is 27.1. The average molecular weight is 678 g/mol. The lowest BCUT2D eigenvalue weighted by Crippen LogP contribution is -2.62. The Bertz CT molecular complexity index is 1620. The number of benzene rings is 3. The van der Waals surface area contributed by atoms with Crippen molar-refractivity contribution >= 4 is 35.1 Å². The second kappa shape index (κ2) is 13.1. The van der Waals surface area contributed by atoms with Crippen LogP contribution in [0.2, 0.25) is 10.0 Å². The molecule has 2 aliphatic heterocycles. The van der Waals surface area contributed by atoms with Crippen molar-refractivity contribution < 1.29 is 9.53 Å². The molecule has 252 valence electrons. The fourth-order valence-corrected chi connectivity index (χ4v) is 7.14. The van der Waals surface area contributed by atoms with Crippen LogP contribution in [0.3, 0.4) is 0 Å². The Kier molecular flexibility index (Phi) is 9.82. The highest BCUT2D eigenvalue weighted by molar-refractivity contribution is 6.30. The van der Waals surface area contributed by atoms with E-state index in [0.29, 0.717) is 42.0 Å². The van der Waals surface area contributed by atoms with Crippen LogP contribution in [0.25, 0.3) is 0 Å². The first-order valence-electron chi connectivity index (χ1n) is 16.7. The average Bonchev–Trinajstić information content (AvgIpc) is 3.24. The third-order valence-corrected chi connectivity index (χ3v) is 10.5. The number of rotatable bonds is 6. The molecule has 0 saturated carbocycles. The Morgan fingerprint density at radius 3 is 1.96 bits per heavy atom. The molecule has 0 N–H and O–H groups in total. The quantitative estimate of drug-likeness (QED) is 0.262. The van der Waals surface area contributed by atoms with E-state index in [1.54, 1.807) is 0 Å². The molecule has 0 radical (unpaired) electrons. The standard InChI is InChI=1S/C39H50Cl2N4O2/c1-10-47-33-25-29(36(2,3)4)15-20-32(33)34-42-38(8,26-27-11-16-30(40)17-12-27)39(9,28-13-18-31(41)19-14-28)45(34)35(46)43-21-23-44(24-22-43)37(5,6)7/h11-20,25H,10,21-24,26H2,1-9H3/t38-,39+/m0/s1. The number of carbonyl (C=O) groups is 1. The summed E-state index contributed by atoms with van der Waals surface area (Å²) >= 11 is 12.7. The van der Waals surface area contributed by atoms with E-state index in [9.17, 15) is 0 Å². The summed E-state index contributed by atoms with van der Waals surface area (Å²) in [5.41, 5.74) is 2.32. The molecule has 5 rings (SSSR count). The lowest BCUT2D eigenvalue weighted by Gasteiger charge is -2.48. The number of ether oxygens (including phenoxy) is 1. The SMILES string of the molecule is CCOc1cc(C(C)(C)C)ccc1C1=N[C@@](C)(Cc2ccc(Cl)cc2)[C@@](C)(c2ccc(Cl)cc2)N1C(=O)N1CCN(C(C)(C)C)CC1. The van der Waals surface area contributed by atoms with Crippen molar-refractivity contribution in [3.05, 3.63) is 99.0 Å². The zero-order valence-corrected chi connectivity index (χ0v) is 31.0. The molecule has 47 heavy (non-hydrogen) atoms. The third kappa shape index (κ3) is 6.93. The Labute approximate surface area is 291 Å². The maximum atomic E-state index is 15.1. The number of halogens is 2. The largest absolute Gasteiger partial charge is 0.493 e. The molecule has 0 aliphatic carbocycles. The lowest BCUT2D eigenvalue weighted by atomic mass is 9.71. The summed E-state index contributed by atoms with van der Waals surface area (Å²) in [6.07, 6.45) is 0.582. The van der Waals surface area contributed by atoms with E-state index in [2.05, 4.69) is 78.5 Å². The summed E-state index contributed by atoms with van der Waals surface area (Å²) in [6, 6.07) is 22.1. The van der Waals surface area contributed by atoms with Gasteiger partial charge in [-0.1, -0.05) is 74.3 Å². The van der Waals surface area contributed by atoms with E-state index in [1.807, 2.05) is 65.3 Å². The van der Waals surface area contributed by atoms with Crippen molar-refractivity contribution in [2.24, 2.45) is 4.99 Å². The van der Waals surface area contributed by atoms with Crippen molar-refractivity contribution in [3.8, 4) is 5.75 Å². The van der Waals surface area contributed by atoms with Gasteiger partial charge in [0.25, 0.3) is 0 Å². The van der Waals surface area contributed by atoms with Gasteiger partial charge in [-0.2, -0.15) is 0 Å². The number of nitrogens with zero attached hydrogens (tertiary/aromatic N) is 4. The second-order valence-corrected chi connectivity index (χ2v) is 16.1. The third-order valence-electron chi connectivity index (χ3n) is 10.0. The Morgan fingerprint density at radius 2 is 1.43 bits per heavy atom. The first-order chi connectivity index (χ1) is 22.0. The van der Waals surface area contributed by atoms with Gasteiger partial charge < -0.3 is 9.64 Å². The van der Waals surface area contributed by atoms with Crippen LogP contribution in [-0.4, -0.2) is 70.4 Å². The highest BCUT2D eigenvalue weighted by Crippen LogP contribution is 2.50. The molecule has 2 atom stereocenters. The Hall–Kier alpha value is -3.06. The van der Waals surface area contributed by atoms with Crippen molar-refractivity contribution in [1.29, 1.82) is 0 Å². The van der Waals surface area contributed by atoms with Crippen LogP contribution in [0.1, 0.15) is 84.6 Å². The van der Waals surface area contributed by atoms with Gasteiger partial charge in [-0.15, -0.1) is 0 Å². The number of carbonyl (C=O) groups excluding carboxylic acids is 1. The number of amides is 2. The van der Waals surface area contributed by atoms with Crippen LogP contribution in [0.5, 0.6) is 5.75 Å². The van der Waals surface area contributed by atoms with Gasteiger partial charge in [0.05, 0.1) is 23.2 Å². The maximum absolute atomic E-state index is 15.1. The van der Waals surface area contributed by atoms with Gasteiger partial charge in [0.2, 0.25) is 0 Å². The second-order valence-electron chi connectivity index (χ2n) is 15.2. The molecular formula is C39H50Cl2N4O2. The van der Waals surface area contributed by atoms with Crippen molar-refractivity contribution in [3.63, 3.8) is 0 Å². The molecule has 1 saturated heterocycles. The van der Waals surface area contributed by atoms with Gasteiger partial charge in [0.15, 0.2) is 0 Å². The molecule has 2 aliphatic rings. The predicted molar refractivity (Wildman–Crippen MR) is 195 cm³/mol. The van der Waals surface area contributed by atoms with Gasteiger partial charge in [-0.05, 0) is 100 Å². The van der Waals surface area contributed by atoms with Crippen molar-refractivity contribution in [1.82, 2.24) is 14.7 Å². The number of hydrogen-bond acceptors (Lipinski definition) is 4. The van der Waals surface area contributed by atoms with Crippen LogP contribution < -0.4 is 4.74 Å². The molecule has 1 fully saturated rings. The topological polar surface area (TPSA) is 48.4 Å². The highest BCUT2D eigenvalue weighted by Gasteiger charge is 2.59. The number of aliphatic imine (C=N–C) groups is 1. The number of amidine groups is 1.